The second-order valence-corrected chi connectivity index (χ2v) is 5.20. The van der Waals surface area contributed by atoms with Crippen molar-refractivity contribution in [2.75, 3.05) is 5.73 Å². The molecular weight excluding hydrogens is 198 g/mol. The summed E-state index contributed by atoms with van der Waals surface area (Å²) < 4.78 is 1.78. The van der Waals surface area contributed by atoms with Crippen LogP contribution in [0.25, 0.3) is 0 Å². The highest BCUT2D eigenvalue weighted by Gasteiger charge is 2.23. The molecule has 1 heterocycles. The second-order valence-electron chi connectivity index (χ2n) is 4.82. The molecule has 2 N–H and O–H groups in total. The first-order valence-electron chi connectivity index (χ1n) is 4.79. The standard InChI is InChI=1S/C10H18ClN3/c1-6(2)8-7(11)9(12)14(13-8)10(3,4)5/h6H,12H2,1-5H3. The molecule has 0 bridgehead atoms. The Morgan fingerprint density at radius 2 is 1.86 bits per heavy atom. The smallest absolute Gasteiger partial charge is 0.141 e. The molecule has 0 saturated heterocycles. The van der Waals surface area contributed by atoms with Crippen molar-refractivity contribution in [2.45, 2.75) is 46.1 Å². The van der Waals surface area contributed by atoms with Gasteiger partial charge in [-0.15, -0.1) is 0 Å². The van der Waals surface area contributed by atoms with Gasteiger partial charge in [-0.3, -0.25) is 0 Å². The minimum Gasteiger partial charge on any atom is -0.383 e. The predicted octanol–water partition coefficient (Wildman–Crippen LogP) is 3.00. The van der Waals surface area contributed by atoms with Crippen molar-refractivity contribution in [1.82, 2.24) is 9.78 Å². The molecule has 3 nitrogen and oxygen atoms in total. The maximum Gasteiger partial charge on any atom is 0.141 e. The van der Waals surface area contributed by atoms with Crippen molar-refractivity contribution in [3.8, 4) is 0 Å². The lowest BCUT2D eigenvalue weighted by Gasteiger charge is -2.20. The summed E-state index contributed by atoms with van der Waals surface area (Å²) >= 11 is 6.11. The molecule has 0 atom stereocenters. The quantitative estimate of drug-likeness (QED) is 0.783. The maximum atomic E-state index is 6.11. The molecule has 1 aromatic heterocycles. The molecule has 80 valence electrons. The number of hydrogen-bond donors (Lipinski definition) is 1. The molecule has 0 aliphatic rings. The molecule has 0 aliphatic carbocycles. The van der Waals surface area contributed by atoms with Crippen LogP contribution in [-0.2, 0) is 5.54 Å². The fourth-order valence-electron chi connectivity index (χ4n) is 1.31. The first-order chi connectivity index (χ1) is 6.25. The summed E-state index contributed by atoms with van der Waals surface area (Å²) in [5, 5.41) is 5.03. The monoisotopic (exact) mass is 215 g/mol. The van der Waals surface area contributed by atoms with Crippen LogP contribution in [0.15, 0.2) is 0 Å². The SMILES string of the molecule is CC(C)c1nn(C(C)(C)C)c(N)c1Cl. The third kappa shape index (κ3) is 1.87. The van der Waals surface area contributed by atoms with Gasteiger partial charge in [0.1, 0.15) is 10.8 Å². The van der Waals surface area contributed by atoms with Gasteiger partial charge in [0.25, 0.3) is 0 Å². The Balaban J connectivity index is 3.29. The summed E-state index contributed by atoms with van der Waals surface area (Å²) in [6, 6.07) is 0. The van der Waals surface area contributed by atoms with Crippen LogP contribution >= 0.6 is 11.6 Å². The van der Waals surface area contributed by atoms with E-state index in [1.165, 1.54) is 0 Å². The Labute approximate surface area is 90.2 Å². The van der Waals surface area contributed by atoms with Gasteiger partial charge in [0.05, 0.1) is 11.2 Å². The maximum absolute atomic E-state index is 6.11. The molecule has 0 unspecified atom stereocenters. The van der Waals surface area contributed by atoms with Crippen molar-refractivity contribution in [3.05, 3.63) is 10.7 Å². The van der Waals surface area contributed by atoms with Crippen molar-refractivity contribution in [2.24, 2.45) is 0 Å². The number of anilines is 1. The van der Waals surface area contributed by atoms with Gasteiger partial charge in [0.2, 0.25) is 0 Å². The van der Waals surface area contributed by atoms with E-state index in [9.17, 15) is 0 Å². The van der Waals surface area contributed by atoms with E-state index in [1.54, 1.807) is 4.68 Å². The van der Waals surface area contributed by atoms with Gasteiger partial charge >= 0.3 is 0 Å². The minimum atomic E-state index is -0.124. The van der Waals surface area contributed by atoms with Crippen molar-refractivity contribution >= 4 is 17.4 Å². The van der Waals surface area contributed by atoms with Crippen molar-refractivity contribution < 1.29 is 0 Å². The predicted molar refractivity (Wildman–Crippen MR) is 60.7 cm³/mol. The number of nitrogens with zero attached hydrogens (tertiary/aromatic N) is 2. The molecule has 0 aromatic carbocycles. The van der Waals surface area contributed by atoms with Gasteiger partial charge in [-0.05, 0) is 26.7 Å². The topological polar surface area (TPSA) is 43.8 Å². The third-order valence-electron chi connectivity index (χ3n) is 2.07. The fraction of sp³-hybridized carbons (Fsp3) is 0.700. The molecule has 14 heavy (non-hydrogen) atoms. The van der Waals surface area contributed by atoms with Gasteiger partial charge in [0, 0.05) is 0 Å². The summed E-state index contributed by atoms with van der Waals surface area (Å²) in [7, 11) is 0. The van der Waals surface area contributed by atoms with E-state index in [2.05, 4.69) is 39.7 Å². The van der Waals surface area contributed by atoms with Gasteiger partial charge in [-0.2, -0.15) is 5.10 Å². The summed E-state index contributed by atoms with van der Waals surface area (Å²) in [4.78, 5) is 0. The molecular formula is C10H18ClN3. The van der Waals surface area contributed by atoms with Gasteiger partial charge < -0.3 is 5.73 Å². The van der Waals surface area contributed by atoms with E-state index < -0.39 is 0 Å². The number of hydrogen-bond acceptors (Lipinski definition) is 2. The van der Waals surface area contributed by atoms with Gasteiger partial charge in [0.15, 0.2) is 0 Å². The molecule has 0 saturated carbocycles. The van der Waals surface area contributed by atoms with Crippen LogP contribution in [0.3, 0.4) is 0 Å². The zero-order chi connectivity index (χ0) is 11.1. The zero-order valence-corrected chi connectivity index (χ0v) is 10.2. The number of rotatable bonds is 1. The number of halogens is 1. The molecule has 0 radical (unpaired) electrons. The lowest BCUT2D eigenvalue weighted by atomic mass is 10.1. The van der Waals surface area contributed by atoms with Crippen molar-refractivity contribution in [1.29, 1.82) is 0 Å². The van der Waals surface area contributed by atoms with Crippen LogP contribution in [0, 0.1) is 0 Å². The van der Waals surface area contributed by atoms with E-state index in [0.717, 1.165) is 5.69 Å². The lowest BCUT2D eigenvalue weighted by Crippen LogP contribution is -2.24. The summed E-state index contributed by atoms with van der Waals surface area (Å²) in [6.45, 7) is 10.3. The number of aromatic nitrogens is 2. The molecule has 1 rings (SSSR count). The summed E-state index contributed by atoms with van der Waals surface area (Å²) in [5.74, 6) is 0.858. The average Bonchev–Trinajstić information content (AvgIpc) is 2.28. The Kier molecular flexibility index (Phi) is 2.81. The molecule has 0 amide bonds. The van der Waals surface area contributed by atoms with E-state index in [4.69, 9.17) is 17.3 Å². The Hall–Kier alpha value is -0.700. The molecule has 0 aliphatic heterocycles. The van der Waals surface area contributed by atoms with Gasteiger partial charge in [-0.25, -0.2) is 4.68 Å². The molecule has 4 heteroatoms. The van der Waals surface area contributed by atoms with E-state index in [1.807, 2.05) is 0 Å². The van der Waals surface area contributed by atoms with Crippen LogP contribution in [0.2, 0.25) is 5.02 Å². The minimum absolute atomic E-state index is 0.124. The van der Waals surface area contributed by atoms with Crippen LogP contribution < -0.4 is 5.73 Å². The Morgan fingerprint density at radius 3 is 2.07 bits per heavy atom. The van der Waals surface area contributed by atoms with E-state index in [0.29, 0.717) is 16.8 Å². The number of nitrogen functional groups attached to an aromatic ring is 1. The molecule has 1 aromatic rings. The van der Waals surface area contributed by atoms with E-state index >= 15 is 0 Å². The lowest BCUT2D eigenvalue weighted by molar-refractivity contribution is 0.358. The van der Waals surface area contributed by atoms with Crippen LogP contribution in [0.4, 0.5) is 5.82 Å². The first-order valence-corrected chi connectivity index (χ1v) is 5.17. The van der Waals surface area contributed by atoms with Crippen LogP contribution in [0.1, 0.15) is 46.2 Å². The Morgan fingerprint density at radius 1 is 1.36 bits per heavy atom. The highest BCUT2D eigenvalue weighted by molar-refractivity contribution is 6.33. The average molecular weight is 216 g/mol. The fourth-order valence-corrected chi connectivity index (χ4v) is 1.65. The highest BCUT2D eigenvalue weighted by Crippen LogP contribution is 2.31. The van der Waals surface area contributed by atoms with Crippen LogP contribution in [-0.4, -0.2) is 9.78 Å². The normalized spacial score (nSPS) is 12.5. The van der Waals surface area contributed by atoms with Crippen LogP contribution in [0.5, 0.6) is 0 Å². The van der Waals surface area contributed by atoms with E-state index in [-0.39, 0.29) is 5.54 Å². The Bertz CT molecular complexity index is 334. The largest absolute Gasteiger partial charge is 0.383 e. The third-order valence-corrected chi connectivity index (χ3v) is 2.46. The second kappa shape index (κ2) is 3.46. The zero-order valence-electron chi connectivity index (χ0n) is 9.43. The molecule has 0 spiro atoms. The molecule has 0 fully saturated rings. The van der Waals surface area contributed by atoms with Crippen molar-refractivity contribution in [3.63, 3.8) is 0 Å². The number of nitrogens with two attached hydrogens (primary N) is 1. The first kappa shape index (κ1) is 11.4. The van der Waals surface area contributed by atoms with Gasteiger partial charge in [-0.1, -0.05) is 25.4 Å². The summed E-state index contributed by atoms with van der Waals surface area (Å²) in [6.07, 6.45) is 0. The highest BCUT2D eigenvalue weighted by atomic mass is 35.5. The summed E-state index contributed by atoms with van der Waals surface area (Å²) in [5.41, 5.74) is 6.65.